The van der Waals surface area contributed by atoms with Gasteiger partial charge in [-0.1, -0.05) is 49.9 Å². The zero-order valence-corrected chi connectivity index (χ0v) is 17.2. The van der Waals surface area contributed by atoms with E-state index in [0.29, 0.717) is 12.0 Å². The van der Waals surface area contributed by atoms with Crippen molar-refractivity contribution in [3.63, 3.8) is 0 Å². The summed E-state index contributed by atoms with van der Waals surface area (Å²) >= 11 is 1.91. The molecule has 3 heterocycles. The zero-order chi connectivity index (χ0) is 18.2. The summed E-state index contributed by atoms with van der Waals surface area (Å²) in [5.74, 6) is 1.46. The van der Waals surface area contributed by atoms with E-state index < -0.39 is 0 Å². The molecule has 4 aliphatic rings. The van der Waals surface area contributed by atoms with Crippen molar-refractivity contribution in [2.45, 2.75) is 99.8 Å². The van der Waals surface area contributed by atoms with Gasteiger partial charge in [0.05, 0.1) is 16.5 Å². The van der Waals surface area contributed by atoms with Crippen molar-refractivity contribution in [1.29, 1.82) is 0 Å². The number of anilines is 1. The number of hydrogen-bond acceptors (Lipinski definition) is 5. The van der Waals surface area contributed by atoms with Crippen molar-refractivity contribution in [2.24, 2.45) is 4.99 Å². The number of hydrogen-bond donors (Lipinski definition) is 1. The van der Waals surface area contributed by atoms with Crippen LogP contribution in [0.1, 0.15) is 89.2 Å². The molecule has 0 bridgehead atoms. The molecule has 5 rings (SSSR count). The molecule has 2 atom stereocenters. The number of aliphatic imine (C=N–C) groups is 1. The Balaban J connectivity index is 1.46. The molecule has 2 aliphatic heterocycles. The summed E-state index contributed by atoms with van der Waals surface area (Å²) in [6, 6.07) is 0.575. The third-order valence-electron chi connectivity index (χ3n) is 6.63. The average molecular weight is 383 g/mol. The van der Waals surface area contributed by atoms with Crippen molar-refractivity contribution >= 4 is 23.3 Å². The summed E-state index contributed by atoms with van der Waals surface area (Å²) in [7, 11) is 0. The molecule has 0 radical (unpaired) electrons. The van der Waals surface area contributed by atoms with Crippen LogP contribution >= 0.6 is 11.8 Å². The van der Waals surface area contributed by atoms with Gasteiger partial charge >= 0.3 is 0 Å². The second kappa shape index (κ2) is 7.57. The van der Waals surface area contributed by atoms with Crippen molar-refractivity contribution in [3.8, 4) is 0 Å². The van der Waals surface area contributed by atoms with Crippen molar-refractivity contribution < 1.29 is 0 Å². The highest BCUT2D eigenvalue weighted by Gasteiger charge is 2.44. The van der Waals surface area contributed by atoms with Crippen LogP contribution in [0.15, 0.2) is 27.4 Å². The Kier molecular flexibility index (Phi) is 4.97. The number of unbranched alkanes of at least 4 members (excludes halogenated alkanes) is 1. The van der Waals surface area contributed by atoms with Crippen molar-refractivity contribution in [1.82, 2.24) is 9.97 Å². The largest absolute Gasteiger partial charge is 0.366 e. The van der Waals surface area contributed by atoms with Gasteiger partial charge in [-0.15, -0.1) is 0 Å². The van der Waals surface area contributed by atoms with Crippen LogP contribution in [0.2, 0.25) is 0 Å². The first-order chi connectivity index (χ1) is 13.3. The molecule has 144 valence electrons. The van der Waals surface area contributed by atoms with Crippen LogP contribution < -0.4 is 5.32 Å². The zero-order valence-electron chi connectivity index (χ0n) is 16.3. The Morgan fingerprint density at radius 2 is 2.00 bits per heavy atom. The fraction of sp³-hybridized carbons (Fsp3) is 0.682. The molecule has 1 aromatic rings. The number of fused-ring (bicyclic) bond motifs is 4. The predicted octanol–water partition coefficient (Wildman–Crippen LogP) is 5.86. The summed E-state index contributed by atoms with van der Waals surface area (Å²) in [5.41, 5.74) is 5.87. The van der Waals surface area contributed by atoms with Gasteiger partial charge in [0.25, 0.3) is 0 Å². The fourth-order valence-corrected chi connectivity index (χ4v) is 6.64. The molecule has 2 unspecified atom stereocenters. The molecule has 1 saturated carbocycles. The van der Waals surface area contributed by atoms with E-state index in [-0.39, 0.29) is 5.37 Å². The van der Waals surface area contributed by atoms with Gasteiger partial charge in [-0.2, -0.15) is 0 Å². The lowest BCUT2D eigenvalue weighted by Crippen LogP contribution is -2.23. The molecular weight excluding hydrogens is 352 g/mol. The highest BCUT2D eigenvalue weighted by molar-refractivity contribution is 8.00. The summed E-state index contributed by atoms with van der Waals surface area (Å²) in [6.45, 7) is 2.27. The molecule has 5 heteroatoms. The second-order valence-corrected chi connectivity index (χ2v) is 9.57. The first-order valence-electron chi connectivity index (χ1n) is 10.9. The lowest BCUT2D eigenvalue weighted by Gasteiger charge is -2.26. The maximum Gasteiger partial charge on any atom is 0.143 e. The summed E-state index contributed by atoms with van der Waals surface area (Å²) in [6.07, 6.45) is 15.7. The maximum absolute atomic E-state index is 5.25. The Morgan fingerprint density at radius 1 is 1.11 bits per heavy atom. The minimum Gasteiger partial charge on any atom is -0.366 e. The van der Waals surface area contributed by atoms with E-state index in [2.05, 4.69) is 17.2 Å². The van der Waals surface area contributed by atoms with Crippen molar-refractivity contribution in [2.75, 3.05) is 5.32 Å². The Morgan fingerprint density at radius 3 is 2.85 bits per heavy atom. The molecule has 0 aromatic carbocycles. The summed E-state index contributed by atoms with van der Waals surface area (Å²) in [4.78, 5) is 15.9. The minimum atomic E-state index is 0.285. The van der Waals surface area contributed by atoms with E-state index in [0.717, 1.165) is 12.2 Å². The third kappa shape index (κ3) is 3.22. The number of nitrogens with zero attached hydrogens (tertiary/aromatic N) is 3. The minimum absolute atomic E-state index is 0.285. The second-order valence-electron chi connectivity index (χ2n) is 8.44. The van der Waals surface area contributed by atoms with Crippen LogP contribution in [-0.2, 0) is 0 Å². The molecule has 0 amide bonds. The average Bonchev–Trinajstić information content (AvgIpc) is 3.31. The highest BCUT2D eigenvalue weighted by Crippen LogP contribution is 2.56. The number of aromatic nitrogens is 2. The standard InChI is InChI=1S/C22H30N4S/c1-2-3-12-17-15-10-7-11-16(15)18-19-20(27-22(18)26-17)21(24-13-23-19)25-14-8-5-4-6-9-14/h13-14,18,22H,2-12H2,1H3,(H,23,24,25). The SMILES string of the molecule is CCCCC1=NC2Sc3c(NC4CCCCC4)ncnc3C2C2=C1CCC2. The lowest BCUT2D eigenvalue weighted by molar-refractivity contribution is 0.461. The highest BCUT2D eigenvalue weighted by atomic mass is 32.2. The molecule has 2 aliphatic carbocycles. The molecule has 0 saturated heterocycles. The van der Waals surface area contributed by atoms with Gasteiger partial charge in [0, 0.05) is 11.8 Å². The number of nitrogens with one attached hydrogen (secondary N) is 1. The van der Waals surface area contributed by atoms with Crippen LogP contribution in [-0.4, -0.2) is 27.1 Å². The molecule has 1 N–H and O–H groups in total. The number of thioether (sulfide) groups is 1. The van der Waals surface area contributed by atoms with E-state index >= 15 is 0 Å². The van der Waals surface area contributed by atoms with Gasteiger partial charge in [0.15, 0.2) is 0 Å². The van der Waals surface area contributed by atoms with Gasteiger partial charge in [0.2, 0.25) is 0 Å². The van der Waals surface area contributed by atoms with Crippen molar-refractivity contribution in [3.05, 3.63) is 23.2 Å². The van der Waals surface area contributed by atoms with E-state index in [1.165, 1.54) is 80.5 Å². The molecular formula is C22H30N4S. The maximum atomic E-state index is 5.25. The van der Waals surface area contributed by atoms with Gasteiger partial charge in [-0.05, 0) is 50.5 Å². The quantitative estimate of drug-likeness (QED) is 0.693. The first-order valence-corrected chi connectivity index (χ1v) is 11.8. The number of allylic oxidation sites excluding steroid dienone is 1. The van der Waals surface area contributed by atoms with Crippen LogP contribution in [0.25, 0.3) is 0 Å². The van der Waals surface area contributed by atoms with Crippen LogP contribution in [0.5, 0.6) is 0 Å². The molecule has 27 heavy (non-hydrogen) atoms. The Bertz CT molecular complexity index is 779. The van der Waals surface area contributed by atoms with Gasteiger partial charge in [0.1, 0.15) is 17.5 Å². The molecule has 1 aromatic heterocycles. The molecule has 1 fully saturated rings. The van der Waals surface area contributed by atoms with E-state index in [9.17, 15) is 0 Å². The number of rotatable bonds is 5. The van der Waals surface area contributed by atoms with E-state index in [4.69, 9.17) is 9.98 Å². The smallest absolute Gasteiger partial charge is 0.143 e. The van der Waals surface area contributed by atoms with Gasteiger partial charge < -0.3 is 5.32 Å². The topological polar surface area (TPSA) is 50.2 Å². The molecule has 0 spiro atoms. The summed E-state index contributed by atoms with van der Waals surface area (Å²) < 4.78 is 0. The van der Waals surface area contributed by atoms with Gasteiger partial charge in [-0.25, -0.2) is 9.97 Å². The predicted molar refractivity (Wildman–Crippen MR) is 113 cm³/mol. The van der Waals surface area contributed by atoms with Crippen LogP contribution in [0.3, 0.4) is 0 Å². The fourth-order valence-electron chi connectivity index (χ4n) is 5.26. The normalized spacial score (nSPS) is 27.2. The summed E-state index contributed by atoms with van der Waals surface area (Å²) in [5, 5.41) is 4.04. The molecule has 4 nitrogen and oxygen atoms in total. The monoisotopic (exact) mass is 382 g/mol. The Hall–Kier alpha value is -1.36. The third-order valence-corrected chi connectivity index (χ3v) is 7.89. The van der Waals surface area contributed by atoms with Crippen LogP contribution in [0, 0.1) is 0 Å². The number of dihydropyridines is 1. The van der Waals surface area contributed by atoms with E-state index in [1.807, 2.05) is 11.8 Å². The van der Waals surface area contributed by atoms with Gasteiger partial charge in [-0.3, -0.25) is 4.99 Å². The van der Waals surface area contributed by atoms with E-state index in [1.54, 1.807) is 17.5 Å². The van der Waals surface area contributed by atoms with Crippen LogP contribution in [0.4, 0.5) is 5.82 Å². The lowest BCUT2D eigenvalue weighted by atomic mass is 9.87. The Labute approximate surface area is 166 Å². The first kappa shape index (κ1) is 17.7.